The minimum absolute atomic E-state index is 0.146. The summed E-state index contributed by atoms with van der Waals surface area (Å²) in [6.07, 6.45) is 0. The molecule has 2 heterocycles. The number of piperazine rings is 1. The van der Waals surface area contributed by atoms with Crippen LogP contribution in [-0.4, -0.2) is 39.9 Å². The van der Waals surface area contributed by atoms with Crippen LogP contribution in [0.2, 0.25) is 0 Å². The van der Waals surface area contributed by atoms with Crippen LogP contribution in [0, 0.1) is 19.7 Å². The van der Waals surface area contributed by atoms with Crippen molar-refractivity contribution < 1.29 is 4.39 Å². The molecule has 1 aromatic heterocycles. The molecule has 0 atom stereocenters. The first kappa shape index (κ1) is 16.1. The number of aromatic nitrogens is 2. The lowest BCUT2D eigenvalue weighted by atomic mass is 10.0. The minimum Gasteiger partial charge on any atom is -0.309 e. The van der Waals surface area contributed by atoms with Crippen molar-refractivity contribution >= 4 is 0 Å². The molecule has 0 unspecified atom stereocenters. The number of hydrogen-bond acceptors (Lipinski definition) is 3. The normalized spacial score (nSPS) is 18.3. The van der Waals surface area contributed by atoms with Gasteiger partial charge in [-0.1, -0.05) is 0 Å². The van der Waals surface area contributed by atoms with E-state index in [9.17, 15) is 4.39 Å². The third-order valence-electron chi connectivity index (χ3n) is 4.54. The van der Waals surface area contributed by atoms with Crippen LogP contribution in [0.5, 0.6) is 0 Å². The largest absolute Gasteiger partial charge is 0.309 e. The van der Waals surface area contributed by atoms with Gasteiger partial charge < -0.3 is 5.32 Å². The number of aryl methyl sites for hydroxylation is 1. The van der Waals surface area contributed by atoms with Crippen LogP contribution in [0.25, 0.3) is 5.69 Å². The molecule has 1 aliphatic heterocycles. The van der Waals surface area contributed by atoms with E-state index in [-0.39, 0.29) is 11.4 Å². The molecule has 4 nitrogen and oxygen atoms in total. The molecule has 2 aromatic rings. The van der Waals surface area contributed by atoms with Crippen molar-refractivity contribution in [3.8, 4) is 5.69 Å². The smallest absolute Gasteiger partial charge is 0.123 e. The van der Waals surface area contributed by atoms with Crippen molar-refractivity contribution in [1.29, 1.82) is 0 Å². The number of nitrogens with zero attached hydrogens (tertiary/aromatic N) is 3. The molecule has 3 rings (SSSR count). The molecule has 23 heavy (non-hydrogen) atoms. The summed E-state index contributed by atoms with van der Waals surface area (Å²) in [5.74, 6) is -0.224. The van der Waals surface area contributed by atoms with Crippen molar-refractivity contribution in [2.45, 2.75) is 39.8 Å². The average molecular weight is 316 g/mol. The van der Waals surface area contributed by atoms with E-state index in [2.05, 4.69) is 43.0 Å². The SMILES string of the molecule is Cc1nn(-c2ccc(F)cc2)c(C)c1CN1CCNC(C)(C)C1. The van der Waals surface area contributed by atoms with E-state index in [1.54, 1.807) is 12.1 Å². The standard InChI is InChI=1S/C18H25FN4/c1-13-17(11-22-10-9-20-18(3,4)12-22)14(2)23(21-13)16-7-5-15(19)6-8-16/h5-8,20H,9-12H2,1-4H3. The van der Waals surface area contributed by atoms with Gasteiger partial charge in [0.05, 0.1) is 11.4 Å². The monoisotopic (exact) mass is 316 g/mol. The molecule has 1 saturated heterocycles. The fraction of sp³-hybridized carbons (Fsp3) is 0.500. The molecule has 0 radical (unpaired) electrons. The first-order valence-electron chi connectivity index (χ1n) is 8.14. The van der Waals surface area contributed by atoms with E-state index in [4.69, 9.17) is 0 Å². The molecule has 5 heteroatoms. The maximum Gasteiger partial charge on any atom is 0.123 e. The van der Waals surface area contributed by atoms with Crippen molar-refractivity contribution in [3.05, 3.63) is 47.0 Å². The van der Waals surface area contributed by atoms with E-state index in [1.807, 2.05) is 4.68 Å². The Bertz CT molecular complexity index is 688. The zero-order valence-corrected chi connectivity index (χ0v) is 14.4. The molecule has 0 bridgehead atoms. The Morgan fingerprint density at radius 1 is 1.22 bits per heavy atom. The summed E-state index contributed by atoms with van der Waals surface area (Å²) in [5, 5.41) is 8.21. The van der Waals surface area contributed by atoms with Gasteiger partial charge in [0.2, 0.25) is 0 Å². The minimum atomic E-state index is -0.224. The molecule has 0 amide bonds. The van der Waals surface area contributed by atoms with Gasteiger partial charge in [-0.15, -0.1) is 0 Å². The lowest BCUT2D eigenvalue weighted by Crippen LogP contribution is -2.56. The maximum absolute atomic E-state index is 13.1. The maximum atomic E-state index is 13.1. The lowest BCUT2D eigenvalue weighted by Gasteiger charge is -2.39. The predicted octanol–water partition coefficient (Wildman–Crippen LogP) is 2.81. The van der Waals surface area contributed by atoms with Gasteiger partial charge in [0.25, 0.3) is 0 Å². The van der Waals surface area contributed by atoms with Crippen LogP contribution in [0.1, 0.15) is 30.8 Å². The van der Waals surface area contributed by atoms with Crippen LogP contribution < -0.4 is 5.32 Å². The van der Waals surface area contributed by atoms with Gasteiger partial charge in [-0.2, -0.15) is 5.10 Å². The Balaban J connectivity index is 1.85. The summed E-state index contributed by atoms with van der Waals surface area (Å²) in [7, 11) is 0. The van der Waals surface area contributed by atoms with Gasteiger partial charge in [-0.25, -0.2) is 9.07 Å². The highest BCUT2D eigenvalue weighted by Crippen LogP contribution is 2.21. The van der Waals surface area contributed by atoms with Gasteiger partial charge in [0.1, 0.15) is 5.82 Å². The first-order valence-corrected chi connectivity index (χ1v) is 8.14. The fourth-order valence-electron chi connectivity index (χ4n) is 3.34. The molecule has 0 saturated carbocycles. The Labute approximate surface area is 137 Å². The van der Waals surface area contributed by atoms with E-state index in [0.29, 0.717) is 0 Å². The van der Waals surface area contributed by atoms with Crippen LogP contribution in [-0.2, 0) is 6.54 Å². The van der Waals surface area contributed by atoms with Crippen molar-refractivity contribution in [2.24, 2.45) is 0 Å². The zero-order valence-electron chi connectivity index (χ0n) is 14.4. The van der Waals surface area contributed by atoms with E-state index >= 15 is 0 Å². The molecule has 0 aliphatic carbocycles. The third-order valence-corrected chi connectivity index (χ3v) is 4.54. The number of halogens is 1. The van der Waals surface area contributed by atoms with Crippen LogP contribution in [0.3, 0.4) is 0 Å². The third kappa shape index (κ3) is 3.46. The second kappa shape index (κ2) is 6.06. The predicted molar refractivity (Wildman–Crippen MR) is 90.4 cm³/mol. The Morgan fingerprint density at radius 2 is 1.91 bits per heavy atom. The highest BCUT2D eigenvalue weighted by Gasteiger charge is 2.27. The van der Waals surface area contributed by atoms with Crippen LogP contribution in [0.15, 0.2) is 24.3 Å². The summed E-state index contributed by atoms with van der Waals surface area (Å²) in [5.41, 5.74) is 4.49. The zero-order chi connectivity index (χ0) is 16.6. The molecule has 124 valence electrons. The summed E-state index contributed by atoms with van der Waals surface area (Å²) >= 11 is 0. The second-order valence-corrected chi connectivity index (χ2v) is 7.06. The van der Waals surface area contributed by atoms with Crippen molar-refractivity contribution in [3.63, 3.8) is 0 Å². The fourth-order valence-corrected chi connectivity index (χ4v) is 3.34. The topological polar surface area (TPSA) is 33.1 Å². The number of hydrogen-bond donors (Lipinski definition) is 1. The van der Waals surface area contributed by atoms with Gasteiger partial charge in [-0.05, 0) is 52.0 Å². The molecule has 1 aromatic carbocycles. The quantitative estimate of drug-likeness (QED) is 0.945. The summed E-state index contributed by atoms with van der Waals surface area (Å²) in [4.78, 5) is 2.47. The van der Waals surface area contributed by atoms with E-state index in [0.717, 1.165) is 43.3 Å². The number of benzene rings is 1. The number of nitrogens with one attached hydrogen (secondary N) is 1. The Kier molecular flexibility index (Phi) is 4.25. The molecular formula is C18H25FN4. The van der Waals surface area contributed by atoms with Gasteiger partial charge in [0.15, 0.2) is 0 Å². The first-order chi connectivity index (χ1) is 10.9. The van der Waals surface area contributed by atoms with E-state index in [1.165, 1.54) is 17.7 Å². The molecule has 1 fully saturated rings. The van der Waals surface area contributed by atoms with Crippen LogP contribution in [0.4, 0.5) is 4.39 Å². The van der Waals surface area contributed by atoms with Gasteiger partial charge >= 0.3 is 0 Å². The molecule has 0 spiro atoms. The summed E-state index contributed by atoms with van der Waals surface area (Å²) in [6, 6.07) is 6.49. The average Bonchev–Trinajstić information content (AvgIpc) is 2.75. The Morgan fingerprint density at radius 3 is 2.57 bits per heavy atom. The highest BCUT2D eigenvalue weighted by molar-refractivity contribution is 5.37. The summed E-state index contributed by atoms with van der Waals surface area (Å²) < 4.78 is 15.0. The number of rotatable bonds is 3. The lowest BCUT2D eigenvalue weighted by molar-refractivity contribution is 0.148. The highest BCUT2D eigenvalue weighted by atomic mass is 19.1. The molecule has 1 aliphatic rings. The second-order valence-electron chi connectivity index (χ2n) is 7.06. The van der Waals surface area contributed by atoms with Gasteiger partial charge in [0, 0.05) is 43.0 Å². The summed E-state index contributed by atoms with van der Waals surface area (Å²) in [6.45, 7) is 12.6. The molecule has 1 N–H and O–H groups in total. The van der Waals surface area contributed by atoms with Gasteiger partial charge in [-0.3, -0.25) is 4.90 Å². The van der Waals surface area contributed by atoms with Crippen molar-refractivity contribution in [2.75, 3.05) is 19.6 Å². The Hall–Kier alpha value is -1.72. The van der Waals surface area contributed by atoms with Crippen LogP contribution >= 0.6 is 0 Å². The van der Waals surface area contributed by atoms with E-state index < -0.39 is 0 Å². The molecular weight excluding hydrogens is 291 g/mol. The van der Waals surface area contributed by atoms with Crippen molar-refractivity contribution in [1.82, 2.24) is 20.0 Å².